The number of nitrogens with zero attached hydrogens (tertiary/aromatic N) is 5. The van der Waals surface area contributed by atoms with Gasteiger partial charge in [0.1, 0.15) is 5.76 Å². The maximum atomic E-state index is 6.22. The molecule has 0 radical (unpaired) electrons. The van der Waals surface area contributed by atoms with Crippen molar-refractivity contribution in [3.8, 4) is 22.5 Å². The zero-order valence-corrected chi connectivity index (χ0v) is 18.0. The first kappa shape index (κ1) is 18.5. The first-order valence-corrected chi connectivity index (χ1v) is 11.2. The van der Waals surface area contributed by atoms with Gasteiger partial charge >= 0.3 is 0 Å². The van der Waals surface area contributed by atoms with Crippen molar-refractivity contribution in [2.45, 2.75) is 18.9 Å². The van der Waals surface area contributed by atoms with E-state index in [0.29, 0.717) is 17.4 Å². The van der Waals surface area contributed by atoms with Crippen LogP contribution in [0.4, 0.5) is 5.82 Å². The number of pyridine rings is 1. The maximum Gasteiger partial charge on any atom is 0.177 e. The summed E-state index contributed by atoms with van der Waals surface area (Å²) < 4.78 is 13.7. The molecule has 4 aromatic heterocycles. The number of hydrogen-bond acceptors (Lipinski definition) is 7. The highest BCUT2D eigenvalue weighted by atomic mass is 32.1. The lowest BCUT2D eigenvalue weighted by Gasteiger charge is -2.28. The Labute approximate surface area is 183 Å². The lowest BCUT2D eigenvalue weighted by Crippen LogP contribution is -2.31. The van der Waals surface area contributed by atoms with Gasteiger partial charge in [-0.05, 0) is 56.6 Å². The molecular formula is C23H22N6OS. The Morgan fingerprint density at radius 2 is 2.00 bits per heavy atom. The topological polar surface area (TPSA) is 86.0 Å². The van der Waals surface area contributed by atoms with Gasteiger partial charge in [-0.15, -0.1) is 0 Å². The molecular weight excluding hydrogens is 408 g/mol. The first-order chi connectivity index (χ1) is 15.2. The number of nitrogen functional groups attached to an aromatic ring is 1. The predicted molar refractivity (Wildman–Crippen MR) is 124 cm³/mol. The predicted octanol–water partition coefficient (Wildman–Crippen LogP) is 4.82. The minimum atomic E-state index is 0.393. The van der Waals surface area contributed by atoms with Crippen LogP contribution >= 0.6 is 11.5 Å². The van der Waals surface area contributed by atoms with Crippen LogP contribution in [0.1, 0.15) is 18.9 Å². The Morgan fingerprint density at radius 1 is 1.13 bits per heavy atom. The van der Waals surface area contributed by atoms with Crippen LogP contribution in [0.3, 0.4) is 0 Å². The SMILES string of the molecule is CN1CCC(n2cc(-c3cnc(N)c4oc(-c5cccc6cnsc56)cc34)cn2)CC1. The zero-order chi connectivity index (χ0) is 20.9. The van der Waals surface area contributed by atoms with Crippen LogP contribution in [0, 0.1) is 0 Å². The van der Waals surface area contributed by atoms with Gasteiger partial charge in [-0.1, -0.05) is 12.1 Å². The third kappa shape index (κ3) is 3.10. The molecule has 0 saturated carbocycles. The lowest BCUT2D eigenvalue weighted by atomic mass is 10.0. The highest BCUT2D eigenvalue weighted by Crippen LogP contribution is 2.39. The Balaban J connectivity index is 1.44. The average molecular weight is 431 g/mol. The van der Waals surface area contributed by atoms with Crippen molar-refractivity contribution in [1.29, 1.82) is 0 Å². The number of anilines is 1. The van der Waals surface area contributed by atoms with Crippen molar-refractivity contribution >= 4 is 38.4 Å². The summed E-state index contributed by atoms with van der Waals surface area (Å²) >= 11 is 1.47. The van der Waals surface area contributed by atoms with Gasteiger partial charge in [-0.2, -0.15) is 9.47 Å². The number of benzene rings is 1. The first-order valence-electron chi connectivity index (χ1n) is 10.4. The zero-order valence-electron chi connectivity index (χ0n) is 17.2. The third-order valence-corrected chi connectivity index (χ3v) is 7.06. The van der Waals surface area contributed by atoms with E-state index in [1.807, 2.05) is 24.7 Å². The minimum absolute atomic E-state index is 0.393. The van der Waals surface area contributed by atoms with Crippen molar-refractivity contribution in [2.24, 2.45) is 0 Å². The molecule has 0 aliphatic carbocycles. The van der Waals surface area contributed by atoms with E-state index < -0.39 is 0 Å². The van der Waals surface area contributed by atoms with Crippen LogP contribution in [0.2, 0.25) is 0 Å². The normalized spacial score (nSPS) is 15.9. The molecule has 0 amide bonds. The van der Waals surface area contributed by atoms with Gasteiger partial charge in [0.15, 0.2) is 11.4 Å². The van der Waals surface area contributed by atoms with E-state index in [-0.39, 0.29) is 0 Å². The third-order valence-electron chi connectivity index (χ3n) is 6.21. The second-order valence-corrected chi connectivity index (χ2v) is 9.01. The molecule has 5 heterocycles. The molecule has 1 fully saturated rings. The Kier molecular flexibility index (Phi) is 4.29. The number of likely N-dealkylation sites (tertiary alicyclic amines) is 1. The molecule has 6 rings (SSSR count). The largest absolute Gasteiger partial charge is 0.452 e. The Morgan fingerprint density at radius 3 is 2.87 bits per heavy atom. The van der Waals surface area contributed by atoms with Crippen molar-refractivity contribution in [1.82, 2.24) is 24.0 Å². The van der Waals surface area contributed by atoms with Crippen molar-refractivity contribution in [2.75, 3.05) is 25.9 Å². The standard InChI is InChI=1S/C23H22N6OS/c1-28-7-5-16(6-8-28)29-13-15(10-26-29)19-12-25-23(24)21-18(19)9-20(30-21)17-4-2-3-14-11-27-31-22(14)17/h2-4,9-13,16H,5-8H2,1H3,(H2,24,25). The molecule has 1 saturated heterocycles. The summed E-state index contributed by atoms with van der Waals surface area (Å²) in [6, 6.07) is 8.63. The van der Waals surface area contributed by atoms with Gasteiger partial charge in [0.05, 0.1) is 16.9 Å². The number of fused-ring (bicyclic) bond motifs is 2. The van der Waals surface area contributed by atoms with Gasteiger partial charge in [0.25, 0.3) is 0 Å². The lowest BCUT2D eigenvalue weighted by molar-refractivity contribution is 0.212. The van der Waals surface area contributed by atoms with E-state index in [0.717, 1.165) is 63.9 Å². The Bertz CT molecular complexity index is 1390. The summed E-state index contributed by atoms with van der Waals surface area (Å²) in [5.74, 6) is 1.16. The summed E-state index contributed by atoms with van der Waals surface area (Å²) in [5.41, 5.74) is 9.82. The van der Waals surface area contributed by atoms with Crippen LogP contribution in [0.25, 0.3) is 43.5 Å². The quantitative estimate of drug-likeness (QED) is 0.442. The molecule has 0 atom stereocenters. The minimum Gasteiger partial charge on any atom is -0.452 e. The van der Waals surface area contributed by atoms with Crippen LogP contribution in [-0.4, -0.2) is 44.2 Å². The fourth-order valence-electron chi connectivity index (χ4n) is 4.43. The molecule has 2 N–H and O–H groups in total. The summed E-state index contributed by atoms with van der Waals surface area (Å²) in [4.78, 5) is 6.77. The van der Waals surface area contributed by atoms with Gasteiger partial charge in [0, 0.05) is 46.1 Å². The number of furan rings is 1. The molecule has 0 spiro atoms. The summed E-state index contributed by atoms with van der Waals surface area (Å²) in [6.07, 6.45) is 9.97. The number of hydrogen-bond donors (Lipinski definition) is 1. The number of aromatic nitrogens is 4. The van der Waals surface area contributed by atoms with Crippen LogP contribution in [-0.2, 0) is 0 Å². The number of rotatable bonds is 3. The summed E-state index contributed by atoms with van der Waals surface area (Å²) in [6.45, 7) is 2.20. The monoisotopic (exact) mass is 430 g/mol. The van der Waals surface area contributed by atoms with Gasteiger partial charge in [-0.25, -0.2) is 4.98 Å². The van der Waals surface area contributed by atoms with Crippen LogP contribution in [0.5, 0.6) is 0 Å². The van der Waals surface area contributed by atoms with E-state index in [1.165, 1.54) is 11.5 Å². The molecule has 1 aliphatic heterocycles. The molecule has 31 heavy (non-hydrogen) atoms. The average Bonchev–Trinajstić information content (AvgIpc) is 3.53. The van der Waals surface area contributed by atoms with Gasteiger partial charge < -0.3 is 15.1 Å². The molecule has 0 unspecified atom stereocenters. The molecule has 156 valence electrons. The van der Waals surface area contributed by atoms with E-state index in [9.17, 15) is 0 Å². The van der Waals surface area contributed by atoms with Crippen molar-refractivity contribution < 1.29 is 4.42 Å². The summed E-state index contributed by atoms with van der Waals surface area (Å²) in [7, 11) is 2.17. The van der Waals surface area contributed by atoms with Gasteiger partial charge in [-0.3, -0.25) is 4.68 Å². The second-order valence-electron chi connectivity index (χ2n) is 8.20. The van der Waals surface area contributed by atoms with Crippen molar-refractivity contribution in [3.63, 3.8) is 0 Å². The molecule has 7 nitrogen and oxygen atoms in total. The van der Waals surface area contributed by atoms with Crippen LogP contribution < -0.4 is 5.73 Å². The number of piperidine rings is 1. The van der Waals surface area contributed by atoms with Gasteiger partial charge in [0.2, 0.25) is 0 Å². The number of nitrogens with two attached hydrogens (primary N) is 1. The summed E-state index contributed by atoms with van der Waals surface area (Å²) in [5, 5.41) is 6.73. The highest BCUT2D eigenvalue weighted by Gasteiger charge is 2.21. The molecule has 0 bridgehead atoms. The highest BCUT2D eigenvalue weighted by molar-refractivity contribution is 7.13. The fourth-order valence-corrected chi connectivity index (χ4v) is 5.20. The molecule has 1 aromatic carbocycles. The molecule has 8 heteroatoms. The molecule has 5 aromatic rings. The van der Waals surface area contributed by atoms with E-state index in [4.69, 9.17) is 10.2 Å². The second kappa shape index (κ2) is 7.18. The Hall–Kier alpha value is -3.23. The fraction of sp³-hybridized carbons (Fsp3) is 0.261. The maximum absolute atomic E-state index is 6.22. The van der Waals surface area contributed by atoms with Crippen molar-refractivity contribution in [3.05, 3.63) is 49.1 Å². The van der Waals surface area contributed by atoms with Crippen LogP contribution in [0.15, 0.2) is 53.5 Å². The van der Waals surface area contributed by atoms with E-state index in [2.05, 4.69) is 55.5 Å². The van der Waals surface area contributed by atoms with E-state index in [1.54, 1.807) is 0 Å². The smallest absolute Gasteiger partial charge is 0.177 e. The molecule has 1 aliphatic rings. The van der Waals surface area contributed by atoms with E-state index >= 15 is 0 Å².